The zero-order valence-corrected chi connectivity index (χ0v) is 6.56. The van der Waals surface area contributed by atoms with Crippen LogP contribution in [0, 0.1) is 0 Å². The molecule has 0 radical (unpaired) electrons. The number of ether oxygens (including phenoxy) is 1. The standard InChI is InChI=1S/C6H13ClO2/c1-5(2)9-4-6(8)3-7/h5-6,8H,3-4H2,1-2H3/t6-/m0/s1. The molecule has 0 aromatic carbocycles. The highest BCUT2D eigenvalue weighted by atomic mass is 35.5. The number of hydrogen-bond acceptors (Lipinski definition) is 2. The second kappa shape index (κ2) is 5.03. The maximum atomic E-state index is 8.85. The van der Waals surface area contributed by atoms with E-state index in [4.69, 9.17) is 21.4 Å². The summed E-state index contributed by atoms with van der Waals surface area (Å²) in [7, 11) is 0. The average Bonchev–Trinajstić information content (AvgIpc) is 1.83. The van der Waals surface area contributed by atoms with Gasteiger partial charge in [0, 0.05) is 0 Å². The van der Waals surface area contributed by atoms with Crippen LogP contribution in [0.2, 0.25) is 0 Å². The Morgan fingerprint density at radius 3 is 2.44 bits per heavy atom. The third-order valence-electron chi connectivity index (χ3n) is 0.800. The summed E-state index contributed by atoms with van der Waals surface area (Å²) in [6.07, 6.45) is -0.350. The molecule has 9 heavy (non-hydrogen) atoms. The summed E-state index contributed by atoms with van der Waals surface area (Å²) in [5, 5.41) is 8.85. The Kier molecular flexibility index (Phi) is 5.15. The van der Waals surface area contributed by atoms with E-state index in [2.05, 4.69) is 0 Å². The second-order valence-electron chi connectivity index (χ2n) is 2.19. The summed E-state index contributed by atoms with van der Waals surface area (Å²) in [5.41, 5.74) is 0. The van der Waals surface area contributed by atoms with E-state index in [1.807, 2.05) is 13.8 Å². The van der Waals surface area contributed by atoms with Crippen LogP contribution in [0.15, 0.2) is 0 Å². The Hall–Kier alpha value is 0.210. The topological polar surface area (TPSA) is 29.5 Å². The van der Waals surface area contributed by atoms with Crippen LogP contribution in [0.3, 0.4) is 0 Å². The van der Waals surface area contributed by atoms with Gasteiger partial charge in [0.25, 0.3) is 0 Å². The van der Waals surface area contributed by atoms with Crippen molar-refractivity contribution >= 4 is 11.6 Å². The van der Waals surface area contributed by atoms with Crippen LogP contribution >= 0.6 is 11.6 Å². The van der Waals surface area contributed by atoms with Gasteiger partial charge in [-0.15, -0.1) is 11.6 Å². The molecule has 56 valence electrons. The molecule has 1 N–H and O–H groups in total. The van der Waals surface area contributed by atoms with Gasteiger partial charge in [-0.05, 0) is 13.8 Å². The maximum Gasteiger partial charge on any atom is 0.0908 e. The Labute approximate surface area is 60.8 Å². The van der Waals surface area contributed by atoms with Crippen molar-refractivity contribution in [1.29, 1.82) is 0 Å². The lowest BCUT2D eigenvalue weighted by atomic mass is 10.4. The van der Waals surface area contributed by atoms with Crippen molar-refractivity contribution in [2.45, 2.75) is 26.1 Å². The molecule has 3 heteroatoms. The van der Waals surface area contributed by atoms with Crippen LogP contribution in [0.1, 0.15) is 13.8 Å². The van der Waals surface area contributed by atoms with Crippen LogP contribution in [-0.4, -0.2) is 29.8 Å². The molecule has 0 aromatic heterocycles. The number of hydrogen-bond donors (Lipinski definition) is 1. The van der Waals surface area contributed by atoms with E-state index < -0.39 is 6.10 Å². The lowest BCUT2D eigenvalue weighted by Gasteiger charge is -2.09. The van der Waals surface area contributed by atoms with Gasteiger partial charge in [-0.2, -0.15) is 0 Å². The normalized spacial score (nSPS) is 14.3. The minimum Gasteiger partial charge on any atom is -0.389 e. The maximum absolute atomic E-state index is 8.85. The molecule has 0 saturated heterocycles. The highest BCUT2D eigenvalue weighted by molar-refractivity contribution is 6.18. The van der Waals surface area contributed by atoms with Gasteiger partial charge in [-0.1, -0.05) is 0 Å². The molecule has 0 aliphatic rings. The predicted molar refractivity (Wildman–Crippen MR) is 37.8 cm³/mol. The van der Waals surface area contributed by atoms with Crippen molar-refractivity contribution in [3.05, 3.63) is 0 Å². The molecule has 0 aromatic rings. The van der Waals surface area contributed by atoms with E-state index >= 15 is 0 Å². The summed E-state index contributed by atoms with van der Waals surface area (Å²) in [4.78, 5) is 0. The minimum atomic E-state index is -0.519. The number of aliphatic hydroxyl groups is 1. The van der Waals surface area contributed by atoms with Crippen LogP contribution in [0.25, 0.3) is 0 Å². The summed E-state index contributed by atoms with van der Waals surface area (Å²) < 4.78 is 5.06. The zero-order valence-electron chi connectivity index (χ0n) is 5.80. The monoisotopic (exact) mass is 152 g/mol. The molecule has 0 heterocycles. The van der Waals surface area contributed by atoms with Gasteiger partial charge >= 0.3 is 0 Å². The van der Waals surface area contributed by atoms with Crippen molar-refractivity contribution in [1.82, 2.24) is 0 Å². The first-order chi connectivity index (χ1) is 4.16. The van der Waals surface area contributed by atoms with E-state index in [1.54, 1.807) is 0 Å². The molecule has 0 bridgehead atoms. The minimum absolute atomic E-state index is 0.169. The quantitative estimate of drug-likeness (QED) is 0.610. The predicted octanol–water partition coefficient (Wildman–Crippen LogP) is 1.01. The molecule has 0 aliphatic heterocycles. The first-order valence-electron chi connectivity index (χ1n) is 3.02. The lowest BCUT2D eigenvalue weighted by Crippen LogP contribution is -2.19. The van der Waals surface area contributed by atoms with E-state index in [9.17, 15) is 0 Å². The average molecular weight is 153 g/mol. The van der Waals surface area contributed by atoms with Gasteiger partial charge in [0.15, 0.2) is 0 Å². The molecule has 0 fully saturated rings. The zero-order chi connectivity index (χ0) is 7.28. The van der Waals surface area contributed by atoms with Crippen LogP contribution in [-0.2, 0) is 4.74 Å². The molecule has 0 rings (SSSR count). The molecule has 0 amide bonds. The van der Waals surface area contributed by atoms with Crippen LogP contribution in [0.5, 0.6) is 0 Å². The third-order valence-corrected chi connectivity index (χ3v) is 1.16. The van der Waals surface area contributed by atoms with Crippen molar-refractivity contribution in [3.8, 4) is 0 Å². The van der Waals surface area contributed by atoms with Gasteiger partial charge in [0.1, 0.15) is 0 Å². The second-order valence-corrected chi connectivity index (χ2v) is 2.50. The molecule has 1 atom stereocenters. The van der Waals surface area contributed by atoms with Gasteiger partial charge in [-0.3, -0.25) is 0 Å². The summed E-state index contributed by atoms with van der Waals surface area (Å²) in [6, 6.07) is 0. The molecule has 0 unspecified atom stereocenters. The van der Waals surface area contributed by atoms with E-state index in [1.165, 1.54) is 0 Å². The van der Waals surface area contributed by atoms with Crippen molar-refractivity contribution in [2.24, 2.45) is 0 Å². The van der Waals surface area contributed by atoms with Crippen molar-refractivity contribution in [2.75, 3.05) is 12.5 Å². The van der Waals surface area contributed by atoms with E-state index in [0.717, 1.165) is 0 Å². The third kappa shape index (κ3) is 6.09. The molecular formula is C6H13ClO2. The molecule has 2 nitrogen and oxygen atoms in total. The number of rotatable bonds is 4. The van der Waals surface area contributed by atoms with Gasteiger partial charge < -0.3 is 9.84 Å². The smallest absolute Gasteiger partial charge is 0.0908 e. The fourth-order valence-electron chi connectivity index (χ4n) is 0.348. The SMILES string of the molecule is CC(C)OC[C@@H](O)CCl. The Morgan fingerprint density at radius 2 is 2.11 bits per heavy atom. The Balaban J connectivity index is 3.06. The number of halogens is 1. The van der Waals surface area contributed by atoms with E-state index in [-0.39, 0.29) is 12.0 Å². The van der Waals surface area contributed by atoms with Gasteiger partial charge in [0.05, 0.1) is 24.7 Å². The Morgan fingerprint density at radius 1 is 1.56 bits per heavy atom. The van der Waals surface area contributed by atoms with Gasteiger partial charge in [-0.25, -0.2) is 0 Å². The first-order valence-corrected chi connectivity index (χ1v) is 3.56. The molecular weight excluding hydrogens is 140 g/mol. The molecule has 0 saturated carbocycles. The summed E-state index contributed by atoms with van der Waals surface area (Å²) in [5.74, 6) is 0.243. The first kappa shape index (κ1) is 9.21. The highest BCUT2D eigenvalue weighted by Crippen LogP contribution is 1.92. The van der Waals surface area contributed by atoms with E-state index in [0.29, 0.717) is 6.61 Å². The summed E-state index contributed by atoms with van der Waals surface area (Å²) >= 11 is 5.31. The Bertz CT molecular complexity index is 66.1. The highest BCUT2D eigenvalue weighted by Gasteiger charge is 2.01. The van der Waals surface area contributed by atoms with Crippen LogP contribution in [0.4, 0.5) is 0 Å². The van der Waals surface area contributed by atoms with Crippen LogP contribution < -0.4 is 0 Å². The fraction of sp³-hybridized carbons (Fsp3) is 1.00. The molecule has 0 aliphatic carbocycles. The summed E-state index contributed by atoms with van der Waals surface area (Å²) in [6.45, 7) is 4.17. The number of aliphatic hydroxyl groups excluding tert-OH is 1. The molecule has 0 spiro atoms. The number of alkyl halides is 1. The van der Waals surface area contributed by atoms with Crippen molar-refractivity contribution < 1.29 is 9.84 Å². The lowest BCUT2D eigenvalue weighted by molar-refractivity contribution is 0.0147. The van der Waals surface area contributed by atoms with Gasteiger partial charge in [0.2, 0.25) is 0 Å². The van der Waals surface area contributed by atoms with Crippen molar-refractivity contribution in [3.63, 3.8) is 0 Å². The fourth-order valence-corrected chi connectivity index (χ4v) is 0.437. The largest absolute Gasteiger partial charge is 0.389 e.